The van der Waals surface area contributed by atoms with E-state index in [9.17, 15) is 8.42 Å². The van der Waals surface area contributed by atoms with Gasteiger partial charge in [0.1, 0.15) is 5.75 Å². The quantitative estimate of drug-likeness (QED) is 0.256. The van der Waals surface area contributed by atoms with E-state index in [0.29, 0.717) is 16.9 Å². The van der Waals surface area contributed by atoms with Gasteiger partial charge in [0.05, 0.1) is 12.0 Å². The van der Waals surface area contributed by atoms with Gasteiger partial charge in [-0.25, -0.2) is 13.6 Å². The van der Waals surface area contributed by atoms with Gasteiger partial charge in [0.25, 0.3) is 0 Å². The number of primary sulfonamides is 1. The number of sulfonamides is 1. The standard InChI is InChI=1S/C33H25NO3S/c1-37-30-18-14-26-20-24(22-8-4-2-5-9-22)12-16-28(26)32(30)33-29-17-13-25(23-10-6-3-7-11-23)21-27(29)15-19-31(33)38(34,35)36/h2-21H,1H3,(H2,34,35,36). The SMILES string of the molecule is COc1ccc2cc(-c3ccccc3)ccc2c1-c1c(S(N)(=O)=O)ccc2cc(-c3ccccc3)ccc12. The summed E-state index contributed by atoms with van der Waals surface area (Å²) in [6.07, 6.45) is 0. The first-order valence-electron chi connectivity index (χ1n) is 12.3. The van der Waals surface area contributed by atoms with E-state index in [1.54, 1.807) is 13.2 Å². The highest BCUT2D eigenvalue weighted by molar-refractivity contribution is 7.89. The van der Waals surface area contributed by atoms with E-state index in [1.165, 1.54) is 0 Å². The van der Waals surface area contributed by atoms with Crippen molar-refractivity contribution in [3.8, 4) is 39.1 Å². The molecule has 0 aliphatic heterocycles. The highest BCUT2D eigenvalue weighted by Crippen LogP contribution is 2.44. The van der Waals surface area contributed by atoms with Crippen LogP contribution in [-0.4, -0.2) is 15.5 Å². The molecule has 38 heavy (non-hydrogen) atoms. The molecule has 0 amide bonds. The fourth-order valence-corrected chi connectivity index (χ4v) is 5.92. The highest BCUT2D eigenvalue weighted by atomic mass is 32.2. The third kappa shape index (κ3) is 4.22. The van der Waals surface area contributed by atoms with Gasteiger partial charge in [0.2, 0.25) is 10.0 Å². The second kappa shape index (κ2) is 9.45. The summed E-state index contributed by atoms with van der Waals surface area (Å²) in [4.78, 5) is 0.0652. The van der Waals surface area contributed by atoms with Crippen LogP contribution in [0.15, 0.2) is 126 Å². The Morgan fingerprint density at radius 2 is 1.05 bits per heavy atom. The minimum atomic E-state index is -4.04. The van der Waals surface area contributed by atoms with Gasteiger partial charge >= 0.3 is 0 Å². The molecule has 4 nitrogen and oxygen atoms in total. The van der Waals surface area contributed by atoms with Gasteiger partial charge in [-0.3, -0.25) is 0 Å². The second-order valence-electron chi connectivity index (χ2n) is 9.23. The molecule has 0 saturated carbocycles. The summed E-state index contributed by atoms with van der Waals surface area (Å²) in [6.45, 7) is 0. The van der Waals surface area contributed by atoms with Gasteiger partial charge in [0, 0.05) is 11.1 Å². The predicted molar refractivity (Wildman–Crippen MR) is 156 cm³/mol. The van der Waals surface area contributed by atoms with Crippen LogP contribution >= 0.6 is 0 Å². The van der Waals surface area contributed by atoms with E-state index in [2.05, 4.69) is 42.5 Å². The molecule has 0 bridgehead atoms. The number of ether oxygens (including phenoxy) is 1. The van der Waals surface area contributed by atoms with Gasteiger partial charge in [-0.15, -0.1) is 0 Å². The fourth-order valence-electron chi connectivity index (χ4n) is 5.16. The minimum absolute atomic E-state index is 0.0652. The van der Waals surface area contributed by atoms with Crippen molar-refractivity contribution in [2.24, 2.45) is 5.14 Å². The number of methoxy groups -OCH3 is 1. The Morgan fingerprint density at radius 3 is 1.55 bits per heavy atom. The van der Waals surface area contributed by atoms with Gasteiger partial charge < -0.3 is 4.74 Å². The summed E-state index contributed by atoms with van der Waals surface area (Å²) in [5.41, 5.74) is 5.56. The first-order valence-corrected chi connectivity index (χ1v) is 13.8. The third-order valence-electron chi connectivity index (χ3n) is 6.95. The van der Waals surface area contributed by atoms with Crippen LogP contribution in [0.25, 0.3) is 54.9 Å². The zero-order valence-electron chi connectivity index (χ0n) is 20.8. The number of fused-ring (bicyclic) bond motifs is 2. The van der Waals surface area contributed by atoms with E-state index in [1.807, 2.05) is 72.8 Å². The maximum atomic E-state index is 12.9. The van der Waals surface area contributed by atoms with Crippen LogP contribution < -0.4 is 9.88 Å². The van der Waals surface area contributed by atoms with Crippen molar-refractivity contribution in [1.82, 2.24) is 0 Å². The molecule has 0 saturated heterocycles. The van der Waals surface area contributed by atoms with Crippen molar-refractivity contribution >= 4 is 31.6 Å². The molecule has 0 aliphatic rings. The van der Waals surface area contributed by atoms with Crippen molar-refractivity contribution in [1.29, 1.82) is 0 Å². The average molecular weight is 516 g/mol. The van der Waals surface area contributed by atoms with Gasteiger partial charge in [-0.1, -0.05) is 97.1 Å². The molecule has 0 heterocycles. The van der Waals surface area contributed by atoms with E-state index in [0.717, 1.165) is 43.8 Å². The summed E-state index contributed by atoms with van der Waals surface area (Å²) < 4.78 is 31.5. The van der Waals surface area contributed by atoms with Crippen LogP contribution in [-0.2, 0) is 10.0 Å². The molecule has 6 rings (SSSR count). The molecular formula is C33H25NO3S. The van der Waals surface area contributed by atoms with Crippen LogP contribution in [0, 0.1) is 0 Å². The summed E-state index contributed by atoms with van der Waals surface area (Å²) in [6, 6.07) is 39.8. The largest absolute Gasteiger partial charge is 0.496 e. The Labute approximate surface area is 222 Å². The second-order valence-corrected chi connectivity index (χ2v) is 10.8. The van der Waals surface area contributed by atoms with Crippen LogP contribution in [0.4, 0.5) is 0 Å². The zero-order chi connectivity index (χ0) is 26.3. The van der Waals surface area contributed by atoms with Gasteiger partial charge in [-0.2, -0.15) is 0 Å². The first kappa shape index (κ1) is 23.9. The molecule has 0 radical (unpaired) electrons. The summed E-state index contributed by atoms with van der Waals surface area (Å²) in [5, 5.41) is 9.33. The predicted octanol–water partition coefficient (Wildman–Crippen LogP) is 7.65. The average Bonchev–Trinajstić information content (AvgIpc) is 2.95. The monoisotopic (exact) mass is 515 g/mol. The molecule has 6 aromatic carbocycles. The molecule has 0 aromatic heterocycles. The van der Waals surface area contributed by atoms with Gasteiger partial charge in [0.15, 0.2) is 0 Å². The van der Waals surface area contributed by atoms with E-state index < -0.39 is 10.0 Å². The third-order valence-corrected chi connectivity index (χ3v) is 7.91. The number of hydrogen-bond donors (Lipinski definition) is 1. The molecule has 186 valence electrons. The summed E-state index contributed by atoms with van der Waals surface area (Å²) >= 11 is 0. The molecule has 0 unspecified atom stereocenters. The Kier molecular flexibility index (Phi) is 5.95. The number of hydrogen-bond acceptors (Lipinski definition) is 3. The molecule has 0 fully saturated rings. The van der Waals surface area contributed by atoms with Crippen LogP contribution in [0.1, 0.15) is 0 Å². The van der Waals surface area contributed by atoms with Crippen LogP contribution in [0.3, 0.4) is 0 Å². The summed E-state index contributed by atoms with van der Waals surface area (Å²) in [7, 11) is -2.44. The molecule has 2 N–H and O–H groups in total. The molecule has 0 atom stereocenters. The van der Waals surface area contributed by atoms with Crippen molar-refractivity contribution in [3.05, 3.63) is 121 Å². The smallest absolute Gasteiger partial charge is 0.238 e. The topological polar surface area (TPSA) is 69.4 Å². The lowest BCUT2D eigenvalue weighted by Crippen LogP contribution is -2.14. The van der Waals surface area contributed by atoms with Crippen molar-refractivity contribution in [2.75, 3.05) is 7.11 Å². The Morgan fingerprint density at radius 1 is 0.553 bits per heavy atom. The zero-order valence-corrected chi connectivity index (χ0v) is 21.6. The molecule has 5 heteroatoms. The summed E-state index contributed by atoms with van der Waals surface area (Å²) in [5.74, 6) is 0.578. The number of rotatable bonds is 5. The molecule has 6 aromatic rings. The lowest BCUT2D eigenvalue weighted by atomic mass is 9.90. The van der Waals surface area contributed by atoms with Crippen molar-refractivity contribution in [2.45, 2.75) is 4.90 Å². The Hall–Kier alpha value is -4.45. The maximum Gasteiger partial charge on any atom is 0.238 e. The van der Waals surface area contributed by atoms with Crippen molar-refractivity contribution in [3.63, 3.8) is 0 Å². The minimum Gasteiger partial charge on any atom is -0.496 e. The fraction of sp³-hybridized carbons (Fsp3) is 0.0303. The highest BCUT2D eigenvalue weighted by Gasteiger charge is 2.23. The van der Waals surface area contributed by atoms with Crippen molar-refractivity contribution < 1.29 is 13.2 Å². The lowest BCUT2D eigenvalue weighted by Gasteiger charge is -2.18. The first-order chi connectivity index (χ1) is 18.4. The molecular weight excluding hydrogens is 490 g/mol. The number of nitrogens with two attached hydrogens (primary N) is 1. The maximum absolute atomic E-state index is 12.9. The Bertz CT molecular complexity index is 1920. The van der Waals surface area contributed by atoms with E-state index in [4.69, 9.17) is 9.88 Å². The lowest BCUT2D eigenvalue weighted by molar-refractivity contribution is 0.417. The normalized spacial score (nSPS) is 11.6. The molecule has 0 aliphatic carbocycles. The Balaban J connectivity index is 1.66. The van der Waals surface area contributed by atoms with E-state index in [-0.39, 0.29) is 4.90 Å². The van der Waals surface area contributed by atoms with E-state index >= 15 is 0 Å². The molecule has 0 spiro atoms. The van der Waals surface area contributed by atoms with Gasteiger partial charge in [-0.05, 0) is 68.1 Å². The van der Waals surface area contributed by atoms with Crippen LogP contribution in [0.2, 0.25) is 0 Å². The number of benzene rings is 6. The van der Waals surface area contributed by atoms with Crippen LogP contribution in [0.5, 0.6) is 5.75 Å².